The molecular formula is C12H19FINO4. The second kappa shape index (κ2) is 6.71. The molecule has 0 aromatic heterocycles. The Balaban J connectivity index is 2.46. The number of hydrogen-bond acceptors (Lipinski definition) is 4. The zero-order valence-corrected chi connectivity index (χ0v) is 13.4. The number of alkyl halides is 2. The summed E-state index contributed by atoms with van der Waals surface area (Å²) >= 11 is 1.97. The van der Waals surface area contributed by atoms with Gasteiger partial charge in [-0.3, -0.25) is 4.79 Å². The highest BCUT2D eigenvalue weighted by atomic mass is 127. The number of amides is 1. The number of halogens is 2. The molecule has 1 fully saturated rings. The Hall–Kier alpha value is -0.600. The van der Waals surface area contributed by atoms with Crippen LogP contribution in [0.3, 0.4) is 0 Å². The van der Waals surface area contributed by atoms with Crippen LogP contribution in [0.1, 0.15) is 33.1 Å². The number of nitrogens with one attached hydrogen (secondary N) is 1. The highest BCUT2D eigenvalue weighted by Gasteiger charge is 2.36. The van der Waals surface area contributed by atoms with E-state index in [1.807, 2.05) is 22.6 Å². The maximum absolute atomic E-state index is 13.9. The highest BCUT2D eigenvalue weighted by molar-refractivity contribution is 14.1. The lowest BCUT2D eigenvalue weighted by Gasteiger charge is -2.31. The summed E-state index contributed by atoms with van der Waals surface area (Å²) in [5, 5.41) is 2.51. The molecule has 1 amide bonds. The fourth-order valence-electron chi connectivity index (χ4n) is 2.06. The molecule has 0 aromatic rings. The average Bonchev–Trinajstić information content (AvgIpc) is 2.28. The Morgan fingerprint density at radius 2 is 2.00 bits per heavy atom. The number of ether oxygens (including phenoxy) is 2. The maximum atomic E-state index is 13.9. The molecule has 1 aliphatic rings. The SMILES string of the molecule is COC(=O)[C@@H]1CC[C@@H](NC(=O)OC(C)(C)I)[C@@H](F)C1. The number of rotatable bonds is 3. The fourth-order valence-corrected chi connectivity index (χ4v) is 2.26. The molecule has 0 bridgehead atoms. The third-order valence-electron chi connectivity index (χ3n) is 2.95. The van der Waals surface area contributed by atoms with Crippen LogP contribution in [0.25, 0.3) is 0 Å². The van der Waals surface area contributed by atoms with E-state index in [1.54, 1.807) is 13.8 Å². The van der Waals surface area contributed by atoms with Crippen LogP contribution < -0.4 is 5.32 Å². The minimum atomic E-state index is -1.26. The highest BCUT2D eigenvalue weighted by Crippen LogP contribution is 2.28. The van der Waals surface area contributed by atoms with E-state index in [0.29, 0.717) is 12.8 Å². The molecule has 0 unspecified atom stereocenters. The van der Waals surface area contributed by atoms with Crippen molar-refractivity contribution in [3.8, 4) is 0 Å². The van der Waals surface area contributed by atoms with Crippen molar-refractivity contribution < 1.29 is 23.5 Å². The van der Waals surface area contributed by atoms with Crippen molar-refractivity contribution in [3.05, 3.63) is 0 Å². The van der Waals surface area contributed by atoms with Crippen molar-refractivity contribution in [2.75, 3.05) is 7.11 Å². The van der Waals surface area contributed by atoms with Gasteiger partial charge in [0.1, 0.15) is 6.17 Å². The van der Waals surface area contributed by atoms with E-state index in [9.17, 15) is 14.0 Å². The van der Waals surface area contributed by atoms with Crippen molar-refractivity contribution in [2.45, 2.75) is 48.9 Å². The molecular weight excluding hydrogens is 368 g/mol. The molecule has 0 saturated heterocycles. The van der Waals surface area contributed by atoms with Crippen LogP contribution in [0.2, 0.25) is 0 Å². The number of carbonyl (C=O) groups excluding carboxylic acids is 2. The van der Waals surface area contributed by atoms with Gasteiger partial charge in [0.25, 0.3) is 0 Å². The molecule has 0 radical (unpaired) electrons. The van der Waals surface area contributed by atoms with Gasteiger partial charge in [0.05, 0.1) is 19.1 Å². The molecule has 19 heavy (non-hydrogen) atoms. The van der Waals surface area contributed by atoms with Crippen molar-refractivity contribution in [3.63, 3.8) is 0 Å². The number of alkyl carbamates (subject to hydrolysis) is 1. The standard InChI is InChI=1S/C12H19FINO4/c1-12(2,14)19-11(17)15-9-5-4-7(6-8(9)13)10(16)18-3/h7-9H,4-6H2,1-3H3,(H,15,17)/t7-,8+,9-/m1/s1. The fraction of sp³-hybridized carbons (Fsp3) is 0.833. The lowest BCUT2D eigenvalue weighted by atomic mass is 9.85. The zero-order chi connectivity index (χ0) is 14.6. The number of hydrogen-bond donors (Lipinski definition) is 1. The Bertz CT molecular complexity index is 345. The van der Waals surface area contributed by atoms with Crippen molar-refractivity contribution in [1.29, 1.82) is 0 Å². The molecule has 3 atom stereocenters. The van der Waals surface area contributed by atoms with E-state index in [0.717, 1.165) is 0 Å². The molecule has 0 aromatic carbocycles. The first-order valence-corrected chi connectivity index (χ1v) is 7.21. The Labute approximate surface area is 125 Å². The van der Waals surface area contributed by atoms with Gasteiger partial charge in [0, 0.05) is 0 Å². The van der Waals surface area contributed by atoms with Crippen LogP contribution in [0.15, 0.2) is 0 Å². The first kappa shape index (κ1) is 16.5. The predicted octanol–water partition coefficient (Wildman–Crippen LogP) is 2.56. The van der Waals surface area contributed by atoms with Crippen LogP contribution in [-0.4, -0.2) is 35.0 Å². The second-order valence-electron chi connectivity index (χ2n) is 5.05. The molecule has 1 saturated carbocycles. The molecule has 5 nitrogen and oxygen atoms in total. The van der Waals surface area contributed by atoms with E-state index in [4.69, 9.17) is 4.74 Å². The predicted molar refractivity (Wildman–Crippen MR) is 75.8 cm³/mol. The molecule has 0 heterocycles. The Kier molecular flexibility index (Phi) is 5.82. The molecule has 1 N–H and O–H groups in total. The summed E-state index contributed by atoms with van der Waals surface area (Å²) in [7, 11) is 1.29. The van der Waals surface area contributed by atoms with Gasteiger partial charge < -0.3 is 14.8 Å². The van der Waals surface area contributed by atoms with E-state index in [-0.39, 0.29) is 6.42 Å². The van der Waals surface area contributed by atoms with Gasteiger partial charge in [-0.05, 0) is 55.7 Å². The van der Waals surface area contributed by atoms with Crippen molar-refractivity contribution in [2.24, 2.45) is 5.92 Å². The lowest BCUT2D eigenvalue weighted by Crippen LogP contribution is -2.47. The summed E-state index contributed by atoms with van der Waals surface area (Å²) in [5.74, 6) is -0.813. The maximum Gasteiger partial charge on any atom is 0.408 e. The summed E-state index contributed by atoms with van der Waals surface area (Å²) < 4.78 is 22.9. The molecule has 0 aliphatic heterocycles. The molecule has 0 spiro atoms. The average molecular weight is 387 g/mol. The number of methoxy groups -OCH3 is 1. The van der Waals surface area contributed by atoms with Gasteiger partial charge >= 0.3 is 12.1 Å². The number of esters is 1. The smallest absolute Gasteiger partial charge is 0.408 e. The third-order valence-corrected chi connectivity index (χ3v) is 3.17. The Morgan fingerprint density at radius 3 is 2.47 bits per heavy atom. The summed E-state index contributed by atoms with van der Waals surface area (Å²) in [6, 6.07) is -0.604. The minimum absolute atomic E-state index is 0.0747. The zero-order valence-electron chi connectivity index (χ0n) is 11.2. The van der Waals surface area contributed by atoms with E-state index in [1.165, 1.54) is 7.11 Å². The largest absolute Gasteiger partial charge is 0.469 e. The monoisotopic (exact) mass is 387 g/mol. The quantitative estimate of drug-likeness (QED) is 0.459. The molecule has 1 rings (SSSR count). The van der Waals surface area contributed by atoms with Gasteiger partial charge in [-0.2, -0.15) is 0 Å². The lowest BCUT2D eigenvalue weighted by molar-refractivity contribution is -0.147. The van der Waals surface area contributed by atoms with Crippen LogP contribution in [0.4, 0.5) is 9.18 Å². The van der Waals surface area contributed by atoms with Gasteiger partial charge in [-0.15, -0.1) is 0 Å². The van der Waals surface area contributed by atoms with Crippen LogP contribution in [-0.2, 0) is 14.3 Å². The van der Waals surface area contributed by atoms with E-state index in [2.05, 4.69) is 10.1 Å². The molecule has 1 aliphatic carbocycles. The van der Waals surface area contributed by atoms with Crippen LogP contribution in [0.5, 0.6) is 0 Å². The first-order chi connectivity index (χ1) is 8.73. The second-order valence-corrected chi connectivity index (χ2v) is 7.65. The van der Waals surface area contributed by atoms with Gasteiger partial charge in [0.2, 0.25) is 0 Å². The Morgan fingerprint density at radius 1 is 1.37 bits per heavy atom. The van der Waals surface area contributed by atoms with Crippen molar-refractivity contribution >= 4 is 34.7 Å². The summed E-state index contributed by atoms with van der Waals surface area (Å²) in [6.45, 7) is 3.46. The first-order valence-electron chi connectivity index (χ1n) is 6.13. The summed E-state index contributed by atoms with van der Waals surface area (Å²) in [4.78, 5) is 22.9. The van der Waals surface area contributed by atoms with E-state index >= 15 is 0 Å². The topological polar surface area (TPSA) is 64.6 Å². The minimum Gasteiger partial charge on any atom is -0.469 e. The van der Waals surface area contributed by atoms with Gasteiger partial charge in [0.15, 0.2) is 3.61 Å². The van der Waals surface area contributed by atoms with Crippen LogP contribution in [0, 0.1) is 5.92 Å². The number of carbonyl (C=O) groups is 2. The summed E-state index contributed by atoms with van der Waals surface area (Å²) in [5.41, 5.74) is 0. The normalized spacial score (nSPS) is 27.5. The van der Waals surface area contributed by atoms with Crippen LogP contribution >= 0.6 is 22.6 Å². The third kappa shape index (κ3) is 5.50. The van der Waals surface area contributed by atoms with E-state index < -0.39 is 33.8 Å². The van der Waals surface area contributed by atoms with Crippen molar-refractivity contribution in [1.82, 2.24) is 5.32 Å². The van der Waals surface area contributed by atoms with Gasteiger partial charge in [-0.25, -0.2) is 9.18 Å². The summed E-state index contributed by atoms with van der Waals surface area (Å²) in [6.07, 6.45) is -0.916. The molecule has 110 valence electrons. The van der Waals surface area contributed by atoms with Gasteiger partial charge in [-0.1, -0.05) is 0 Å². The molecule has 7 heteroatoms.